The third-order valence-corrected chi connectivity index (χ3v) is 2.81. The second-order valence-electron chi connectivity index (χ2n) is 3.93. The van der Waals surface area contributed by atoms with Crippen LogP contribution in [0.2, 0.25) is 0 Å². The average molecular weight is 272 g/mol. The summed E-state index contributed by atoms with van der Waals surface area (Å²) in [6, 6.07) is 10.5. The zero-order chi connectivity index (χ0) is 9.80. The molecular weight excluding hydrogens is 254 g/mol. The molecule has 0 saturated heterocycles. The normalized spacial score (nSPS) is 24.9. The van der Waals surface area contributed by atoms with Gasteiger partial charge in [-0.05, 0) is 24.8 Å². The van der Waals surface area contributed by atoms with E-state index >= 15 is 0 Å². The first-order valence-corrected chi connectivity index (χ1v) is 5.27. The molecule has 2 rings (SSSR count). The summed E-state index contributed by atoms with van der Waals surface area (Å²) in [7, 11) is 0. The molecule has 1 aliphatic carbocycles. The highest BCUT2D eigenvalue weighted by molar-refractivity contribution is 8.93. The van der Waals surface area contributed by atoms with Crippen LogP contribution in [-0.2, 0) is 11.3 Å². The molecule has 0 spiro atoms. The molecule has 1 aliphatic rings. The summed E-state index contributed by atoms with van der Waals surface area (Å²) in [5, 5.41) is 0. The Labute approximate surface area is 102 Å². The van der Waals surface area contributed by atoms with Crippen molar-refractivity contribution in [2.45, 2.75) is 38.0 Å². The lowest BCUT2D eigenvalue weighted by atomic mass is 10.2. The molecule has 0 bridgehead atoms. The van der Waals surface area contributed by atoms with Crippen LogP contribution in [0, 0.1) is 0 Å². The highest BCUT2D eigenvalue weighted by atomic mass is 79.9. The monoisotopic (exact) mass is 271 g/mol. The minimum atomic E-state index is 0. The van der Waals surface area contributed by atoms with Crippen molar-refractivity contribution >= 4 is 17.0 Å². The topological polar surface area (TPSA) is 35.2 Å². The summed E-state index contributed by atoms with van der Waals surface area (Å²) in [6.45, 7) is 0.694. The van der Waals surface area contributed by atoms with Gasteiger partial charge in [-0.2, -0.15) is 0 Å². The fourth-order valence-corrected chi connectivity index (χ4v) is 1.94. The quantitative estimate of drug-likeness (QED) is 0.918. The SMILES string of the molecule is Br.NC1CCCC1OCc1ccccc1. The Morgan fingerprint density at radius 2 is 1.93 bits per heavy atom. The molecule has 1 aromatic rings. The first-order chi connectivity index (χ1) is 6.86. The molecular formula is C12H18BrNO. The molecule has 0 heterocycles. The van der Waals surface area contributed by atoms with Crippen molar-refractivity contribution in [1.82, 2.24) is 0 Å². The largest absolute Gasteiger partial charge is 0.372 e. The van der Waals surface area contributed by atoms with E-state index in [0.29, 0.717) is 6.61 Å². The van der Waals surface area contributed by atoms with Gasteiger partial charge in [0.25, 0.3) is 0 Å². The van der Waals surface area contributed by atoms with Crippen molar-refractivity contribution in [2.75, 3.05) is 0 Å². The summed E-state index contributed by atoms with van der Waals surface area (Å²) in [6.07, 6.45) is 3.71. The lowest BCUT2D eigenvalue weighted by molar-refractivity contribution is 0.0357. The zero-order valence-corrected chi connectivity index (χ0v) is 10.5. The molecule has 84 valence electrons. The van der Waals surface area contributed by atoms with Gasteiger partial charge in [-0.1, -0.05) is 30.3 Å². The van der Waals surface area contributed by atoms with E-state index in [1.807, 2.05) is 18.2 Å². The third kappa shape index (κ3) is 3.59. The molecule has 2 nitrogen and oxygen atoms in total. The molecule has 0 radical (unpaired) electrons. The summed E-state index contributed by atoms with van der Waals surface area (Å²) >= 11 is 0. The van der Waals surface area contributed by atoms with Crippen molar-refractivity contribution in [3.05, 3.63) is 35.9 Å². The summed E-state index contributed by atoms with van der Waals surface area (Å²) in [5.74, 6) is 0. The van der Waals surface area contributed by atoms with Gasteiger partial charge in [-0.3, -0.25) is 0 Å². The molecule has 2 unspecified atom stereocenters. The highest BCUT2D eigenvalue weighted by Gasteiger charge is 2.24. The van der Waals surface area contributed by atoms with E-state index < -0.39 is 0 Å². The molecule has 2 atom stereocenters. The number of hydrogen-bond acceptors (Lipinski definition) is 2. The van der Waals surface area contributed by atoms with Crippen LogP contribution in [0.1, 0.15) is 24.8 Å². The number of ether oxygens (including phenoxy) is 1. The maximum atomic E-state index is 5.92. The van der Waals surface area contributed by atoms with Crippen molar-refractivity contribution in [3.63, 3.8) is 0 Å². The summed E-state index contributed by atoms with van der Waals surface area (Å²) < 4.78 is 5.78. The van der Waals surface area contributed by atoms with Crippen LogP contribution < -0.4 is 5.73 Å². The van der Waals surface area contributed by atoms with E-state index in [2.05, 4.69) is 12.1 Å². The van der Waals surface area contributed by atoms with E-state index in [1.165, 1.54) is 12.0 Å². The van der Waals surface area contributed by atoms with Crippen molar-refractivity contribution in [3.8, 4) is 0 Å². The molecule has 0 aromatic heterocycles. The predicted molar refractivity (Wildman–Crippen MR) is 67.2 cm³/mol. The number of halogens is 1. The standard InChI is InChI=1S/C12H17NO.BrH/c13-11-7-4-8-12(11)14-9-10-5-2-1-3-6-10;/h1-3,5-6,11-12H,4,7-9,13H2;1H. The minimum Gasteiger partial charge on any atom is -0.372 e. The Kier molecular flexibility index (Phi) is 5.29. The zero-order valence-electron chi connectivity index (χ0n) is 8.76. The van der Waals surface area contributed by atoms with E-state index in [-0.39, 0.29) is 29.1 Å². The van der Waals surface area contributed by atoms with E-state index in [4.69, 9.17) is 10.5 Å². The van der Waals surface area contributed by atoms with Crippen molar-refractivity contribution in [2.24, 2.45) is 5.73 Å². The van der Waals surface area contributed by atoms with Crippen LogP contribution in [-0.4, -0.2) is 12.1 Å². The van der Waals surface area contributed by atoms with Crippen LogP contribution in [0.4, 0.5) is 0 Å². The fraction of sp³-hybridized carbons (Fsp3) is 0.500. The average Bonchev–Trinajstić information content (AvgIpc) is 2.63. The third-order valence-electron chi connectivity index (χ3n) is 2.81. The summed E-state index contributed by atoms with van der Waals surface area (Å²) in [4.78, 5) is 0. The Bertz CT molecular complexity index is 278. The van der Waals surface area contributed by atoms with Gasteiger partial charge in [-0.25, -0.2) is 0 Å². The van der Waals surface area contributed by atoms with Crippen LogP contribution >= 0.6 is 17.0 Å². The van der Waals surface area contributed by atoms with Gasteiger partial charge < -0.3 is 10.5 Å². The van der Waals surface area contributed by atoms with Gasteiger partial charge >= 0.3 is 0 Å². The fourth-order valence-electron chi connectivity index (χ4n) is 1.94. The summed E-state index contributed by atoms with van der Waals surface area (Å²) in [5.41, 5.74) is 7.15. The molecule has 0 aliphatic heterocycles. The van der Waals surface area contributed by atoms with Gasteiger partial charge in [-0.15, -0.1) is 17.0 Å². The number of rotatable bonds is 3. The Balaban J connectivity index is 0.00000112. The first-order valence-electron chi connectivity index (χ1n) is 5.27. The van der Waals surface area contributed by atoms with Crippen LogP contribution in [0.3, 0.4) is 0 Å². The van der Waals surface area contributed by atoms with E-state index in [1.54, 1.807) is 0 Å². The Morgan fingerprint density at radius 3 is 2.53 bits per heavy atom. The number of hydrogen-bond donors (Lipinski definition) is 1. The minimum absolute atomic E-state index is 0. The van der Waals surface area contributed by atoms with Crippen LogP contribution in [0.5, 0.6) is 0 Å². The van der Waals surface area contributed by atoms with Crippen LogP contribution in [0.25, 0.3) is 0 Å². The van der Waals surface area contributed by atoms with E-state index in [9.17, 15) is 0 Å². The van der Waals surface area contributed by atoms with Gasteiger partial charge in [0, 0.05) is 6.04 Å². The van der Waals surface area contributed by atoms with Gasteiger partial charge in [0.2, 0.25) is 0 Å². The second kappa shape index (κ2) is 6.26. The predicted octanol–water partition coefficient (Wildman–Crippen LogP) is 2.66. The first kappa shape index (κ1) is 12.7. The molecule has 1 fully saturated rings. The number of nitrogens with two attached hydrogens (primary N) is 1. The lowest BCUT2D eigenvalue weighted by Gasteiger charge is -2.16. The Morgan fingerprint density at radius 1 is 1.20 bits per heavy atom. The molecule has 3 heteroatoms. The second-order valence-corrected chi connectivity index (χ2v) is 3.93. The van der Waals surface area contributed by atoms with Gasteiger partial charge in [0.05, 0.1) is 12.7 Å². The maximum absolute atomic E-state index is 5.92. The van der Waals surface area contributed by atoms with Crippen LogP contribution in [0.15, 0.2) is 30.3 Å². The number of benzene rings is 1. The molecule has 15 heavy (non-hydrogen) atoms. The molecule has 1 saturated carbocycles. The van der Waals surface area contributed by atoms with Crippen molar-refractivity contribution < 1.29 is 4.74 Å². The van der Waals surface area contributed by atoms with Gasteiger partial charge in [0.1, 0.15) is 0 Å². The lowest BCUT2D eigenvalue weighted by Crippen LogP contribution is -2.31. The van der Waals surface area contributed by atoms with E-state index in [0.717, 1.165) is 12.8 Å². The highest BCUT2D eigenvalue weighted by Crippen LogP contribution is 2.21. The Hall–Kier alpha value is -0.380. The molecule has 2 N–H and O–H groups in total. The molecule has 1 aromatic carbocycles. The maximum Gasteiger partial charge on any atom is 0.0730 e. The molecule has 0 amide bonds. The van der Waals surface area contributed by atoms with Crippen molar-refractivity contribution in [1.29, 1.82) is 0 Å². The smallest absolute Gasteiger partial charge is 0.0730 e. The van der Waals surface area contributed by atoms with Gasteiger partial charge in [0.15, 0.2) is 0 Å².